The van der Waals surface area contributed by atoms with Crippen molar-refractivity contribution in [3.63, 3.8) is 0 Å². The molecule has 1 saturated heterocycles. The molecule has 3 rings (SSSR count). The summed E-state index contributed by atoms with van der Waals surface area (Å²) in [4.78, 5) is 0. The van der Waals surface area contributed by atoms with Crippen LogP contribution in [-0.4, -0.2) is 28.9 Å². The molecule has 0 spiro atoms. The standard InChI is InChI=1S/C12H15F2IN2O/c13-12(14)3-1-9(6-12)17-10(5-11(15)16-17)8-2-4-18-7-8/h5,8-9H,1-4,6-7H2. The second-order valence-electron chi connectivity index (χ2n) is 5.15. The molecule has 6 heteroatoms. The van der Waals surface area contributed by atoms with Crippen LogP contribution in [0.5, 0.6) is 0 Å². The normalized spacial score (nSPS) is 31.1. The average Bonchev–Trinajstić information content (AvgIpc) is 2.96. The van der Waals surface area contributed by atoms with Gasteiger partial charge in [0.1, 0.15) is 3.70 Å². The first kappa shape index (κ1) is 12.8. The molecule has 1 aliphatic heterocycles. The first-order chi connectivity index (χ1) is 8.55. The number of aromatic nitrogens is 2. The number of alkyl halides is 2. The molecule has 3 nitrogen and oxygen atoms in total. The molecule has 2 fully saturated rings. The molecule has 1 saturated carbocycles. The summed E-state index contributed by atoms with van der Waals surface area (Å²) in [6.07, 6.45) is 1.39. The fourth-order valence-electron chi connectivity index (χ4n) is 2.88. The highest BCUT2D eigenvalue weighted by molar-refractivity contribution is 14.1. The predicted octanol–water partition coefficient (Wildman–Crippen LogP) is 3.35. The van der Waals surface area contributed by atoms with E-state index in [0.29, 0.717) is 18.9 Å². The highest BCUT2D eigenvalue weighted by Gasteiger charge is 2.41. The van der Waals surface area contributed by atoms with Gasteiger partial charge in [0.25, 0.3) is 0 Å². The Morgan fingerprint density at radius 2 is 2.28 bits per heavy atom. The largest absolute Gasteiger partial charge is 0.381 e. The quantitative estimate of drug-likeness (QED) is 0.749. The Morgan fingerprint density at radius 3 is 2.89 bits per heavy atom. The van der Waals surface area contributed by atoms with Crippen molar-refractivity contribution in [1.82, 2.24) is 9.78 Å². The van der Waals surface area contributed by atoms with Crippen LogP contribution in [0.1, 0.15) is 43.3 Å². The van der Waals surface area contributed by atoms with Crippen LogP contribution in [0.15, 0.2) is 6.07 Å². The van der Waals surface area contributed by atoms with Crippen molar-refractivity contribution < 1.29 is 13.5 Å². The van der Waals surface area contributed by atoms with Crippen molar-refractivity contribution in [3.8, 4) is 0 Å². The van der Waals surface area contributed by atoms with Crippen molar-refractivity contribution >= 4 is 22.6 Å². The molecule has 18 heavy (non-hydrogen) atoms. The van der Waals surface area contributed by atoms with Gasteiger partial charge in [-0.1, -0.05) is 0 Å². The van der Waals surface area contributed by atoms with Gasteiger partial charge in [-0.15, -0.1) is 0 Å². The molecule has 0 aromatic carbocycles. The topological polar surface area (TPSA) is 27.1 Å². The zero-order valence-electron chi connectivity index (χ0n) is 9.91. The Bertz CT molecular complexity index is 443. The zero-order valence-corrected chi connectivity index (χ0v) is 12.1. The summed E-state index contributed by atoms with van der Waals surface area (Å²) in [5, 5.41) is 4.42. The lowest BCUT2D eigenvalue weighted by Crippen LogP contribution is -2.16. The lowest BCUT2D eigenvalue weighted by Gasteiger charge is -2.17. The molecular weight excluding hydrogens is 353 g/mol. The minimum atomic E-state index is -2.52. The number of nitrogens with zero attached hydrogens (tertiary/aromatic N) is 2. The Morgan fingerprint density at radius 1 is 1.44 bits per heavy atom. The smallest absolute Gasteiger partial charge is 0.250 e. The minimum Gasteiger partial charge on any atom is -0.381 e. The second kappa shape index (κ2) is 4.70. The Labute approximate surface area is 118 Å². The van der Waals surface area contributed by atoms with Crippen LogP contribution in [-0.2, 0) is 4.74 Å². The highest BCUT2D eigenvalue weighted by Crippen LogP contribution is 2.43. The summed E-state index contributed by atoms with van der Waals surface area (Å²) < 4.78 is 34.8. The number of halogens is 3. The molecule has 1 aromatic heterocycles. The van der Waals surface area contributed by atoms with E-state index < -0.39 is 5.92 Å². The van der Waals surface area contributed by atoms with Crippen molar-refractivity contribution in [2.24, 2.45) is 0 Å². The molecular formula is C12H15F2IN2O. The molecule has 0 bridgehead atoms. The van der Waals surface area contributed by atoms with Crippen molar-refractivity contribution in [2.75, 3.05) is 13.2 Å². The Balaban J connectivity index is 1.87. The van der Waals surface area contributed by atoms with E-state index in [1.165, 1.54) is 0 Å². The van der Waals surface area contributed by atoms with Gasteiger partial charge in [0.15, 0.2) is 0 Å². The molecule has 0 N–H and O–H groups in total. The number of rotatable bonds is 2. The summed E-state index contributed by atoms with van der Waals surface area (Å²) in [5.74, 6) is -2.21. The van der Waals surface area contributed by atoms with Gasteiger partial charge in [0, 0.05) is 31.1 Å². The van der Waals surface area contributed by atoms with E-state index in [1.54, 1.807) is 0 Å². The third kappa shape index (κ3) is 2.41. The van der Waals surface area contributed by atoms with E-state index in [9.17, 15) is 8.78 Å². The minimum absolute atomic E-state index is 0.0191. The summed E-state index contributed by atoms with van der Waals surface area (Å²) in [5.41, 5.74) is 1.07. The van der Waals surface area contributed by atoms with Gasteiger partial charge in [0.05, 0.1) is 12.6 Å². The summed E-state index contributed by atoms with van der Waals surface area (Å²) in [6.45, 7) is 1.44. The fourth-order valence-corrected chi connectivity index (χ4v) is 3.43. The molecule has 2 atom stereocenters. The van der Waals surface area contributed by atoms with Crippen molar-refractivity contribution in [3.05, 3.63) is 15.5 Å². The molecule has 0 amide bonds. The van der Waals surface area contributed by atoms with Crippen LogP contribution < -0.4 is 0 Å². The summed E-state index contributed by atoms with van der Waals surface area (Å²) in [6, 6.07) is 1.86. The van der Waals surface area contributed by atoms with Crippen LogP contribution in [0.2, 0.25) is 0 Å². The third-order valence-electron chi connectivity index (χ3n) is 3.81. The fraction of sp³-hybridized carbons (Fsp3) is 0.750. The molecule has 2 aliphatic rings. The predicted molar refractivity (Wildman–Crippen MR) is 71.0 cm³/mol. The van der Waals surface area contributed by atoms with E-state index in [4.69, 9.17) is 4.74 Å². The van der Waals surface area contributed by atoms with Gasteiger partial charge in [-0.2, -0.15) is 5.10 Å². The first-order valence-corrected chi connectivity index (χ1v) is 7.33. The number of hydrogen-bond acceptors (Lipinski definition) is 2. The van der Waals surface area contributed by atoms with E-state index >= 15 is 0 Å². The summed E-state index contributed by atoms with van der Waals surface area (Å²) >= 11 is 2.15. The SMILES string of the molecule is FC1(F)CCC(n2nc(I)cc2C2CCOC2)C1. The molecule has 2 heterocycles. The van der Waals surface area contributed by atoms with E-state index in [2.05, 4.69) is 27.7 Å². The zero-order chi connectivity index (χ0) is 12.8. The third-order valence-corrected chi connectivity index (χ3v) is 4.33. The van der Waals surface area contributed by atoms with E-state index in [1.807, 2.05) is 10.7 Å². The lowest BCUT2D eigenvalue weighted by atomic mass is 10.0. The molecule has 0 radical (unpaired) electrons. The molecule has 100 valence electrons. The van der Waals surface area contributed by atoms with Gasteiger partial charge in [-0.05, 0) is 41.5 Å². The number of hydrogen-bond donors (Lipinski definition) is 0. The maximum atomic E-state index is 13.3. The average molecular weight is 368 g/mol. The second-order valence-corrected chi connectivity index (χ2v) is 6.25. The highest BCUT2D eigenvalue weighted by atomic mass is 127. The molecule has 1 aliphatic carbocycles. The van der Waals surface area contributed by atoms with Crippen LogP contribution in [0.4, 0.5) is 8.78 Å². The summed E-state index contributed by atoms with van der Waals surface area (Å²) in [7, 11) is 0. The van der Waals surface area contributed by atoms with Gasteiger partial charge in [-0.3, -0.25) is 4.68 Å². The van der Waals surface area contributed by atoms with Crippen molar-refractivity contribution in [1.29, 1.82) is 0 Å². The maximum absolute atomic E-state index is 13.3. The van der Waals surface area contributed by atoms with Crippen LogP contribution in [0.3, 0.4) is 0 Å². The van der Waals surface area contributed by atoms with E-state index in [-0.39, 0.29) is 18.9 Å². The first-order valence-electron chi connectivity index (χ1n) is 6.26. The van der Waals surface area contributed by atoms with Gasteiger partial charge in [-0.25, -0.2) is 8.78 Å². The van der Waals surface area contributed by atoms with Crippen LogP contribution >= 0.6 is 22.6 Å². The lowest BCUT2D eigenvalue weighted by molar-refractivity contribution is 0.00503. The van der Waals surface area contributed by atoms with Crippen molar-refractivity contribution in [2.45, 2.75) is 43.6 Å². The Hall–Kier alpha value is -0.240. The van der Waals surface area contributed by atoms with Crippen LogP contribution in [0, 0.1) is 3.70 Å². The Kier molecular flexibility index (Phi) is 3.34. The molecule has 2 unspecified atom stereocenters. The van der Waals surface area contributed by atoms with Crippen LogP contribution in [0.25, 0.3) is 0 Å². The van der Waals surface area contributed by atoms with E-state index in [0.717, 1.165) is 22.4 Å². The van der Waals surface area contributed by atoms with Gasteiger partial charge in [0.2, 0.25) is 5.92 Å². The monoisotopic (exact) mass is 368 g/mol. The van der Waals surface area contributed by atoms with Gasteiger partial charge < -0.3 is 4.74 Å². The molecule has 1 aromatic rings. The number of ether oxygens (including phenoxy) is 1. The van der Waals surface area contributed by atoms with Gasteiger partial charge >= 0.3 is 0 Å². The maximum Gasteiger partial charge on any atom is 0.250 e.